The topological polar surface area (TPSA) is 79.9 Å². The highest BCUT2D eigenvalue weighted by Gasteiger charge is 2.13. The van der Waals surface area contributed by atoms with E-state index in [1.54, 1.807) is 42.7 Å². The van der Waals surface area contributed by atoms with Crippen LogP contribution in [0.15, 0.2) is 30.3 Å². The third-order valence-electron chi connectivity index (χ3n) is 1.68. The molecule has 1 rings (SSSR count). The number of carbonyl (C=O) groups is 1. The molecule has 0 atom stereocenters. The summed E-state index contributed by atoms with van der Waals surface area (Å²) in [6, 6.07) is 8.54. The zero-order chi connectivity index (χ0) is 11.1. The number of carbonyl (C=O) groups excluding carboxylic acids is 1. The van der Waals surface area contributed by atoms with Crippen LogP contribution in [0, 0.1) is 22.9 Å². The maximum absolute atomic E-state index is 11.4. The van der Waals surface area contributed by atoms with Gasteiger partial charge in [0.1, 0.15) is 6.54 Å². The first-order chi connectivity index (χ1) is 7.29. The molecule has 0 aromatic heterocycles. The van der Waals surface area contributed by atoms with Crippen LogP contribution in [0.25, 0.3) is 0 Å². The van der Waals surface area contributed by atoms with Gasteiger partial charge in [-0.1, -0.05) is 18.2 Å². The molecule has 15 heavy (non-hydrogen) atoms. The Balaban J connectivity index is 2.78. The number of rotatable bonds is 3. The van der Waals surface area contributed by atoms with Gasteiger partial charge >= 0.3 is 0 Å². The molecule has 0 radical (unpaired) electrons. The molecule has 74 valence electrons. The van der Waals surface area contributed by atoms with Crippen molar-refractivity contribution in [2.45, 2.75) is 0 Å². The summed E-state index contributed by atoms with van der Waals surface area (Å²) in [5.41, 5.74) is 0.490. The summed E-state index contributed by atoms with van der Waals surface area (Å²) in [5, 5.41) is 19.2. The fourth-order valence-electron chi connectivity index (χ4n) is 1.03. The van der Waals surface area contributed by atoms with E-state index in [2.05, 4.69) is 5.32 Å². The summed E-state index contributed by atoms with van der Waals surface area (Å²) in [5.74, 6) is -0.467. The molecule has 0 spiro atoms. The normalized spacial score (nSPS) is 8.40. The minimum Gasteiger partial charge on any atom is -0.314 e. The first kappa shape index (κ1) is 10.6. The number of amides is 1. The lowest BCUT2D eigenvalue weighted by Crippen LogP contribution is -2.33. The van der Waals surface area contributed by atoms with Gasteiger partial charge in [0.2, 0.25) is 0 Å². The van der Waals surface area contributed by atoms with Gasteiger partial charge in [-0.05, 0) is 12.1 Å². The molecule has 0 fully saturated rings. The molecule has 0 aliphatic heterocycles. The minimum atomic E-state index is -0.467. The van der Waals surface area contributed by atoms with Crippen molar-refractivity contribution in [2.75, 3.05) is 11.4 Å². The fraction of sp³-hybridized carbons (Fsp3) is 0.100. The Morgan fingerprint density at radius 1 is 1.33 bits per heavy atom. The van der Waals surface area contributed by atoms with Crippen LogP contribution in [0.1, 0.15) is 0 Å². The molecule has 1 aromatic carbocycles. The molecule has 1 aromatic rings. The van der Waals surface area contributed by atoms with Gasteiger partial charge in [-0.25, -0.2) is 4.90 Å². The highest BCUT2D eigenvalue weighted by atomic mass is 16.2. The van der Waals surface area contributed by atoms with E-state index in [0.717, 1.165) is 4.90 Å². The first-order valence-electron chi connectivity index (χ1n) is 4.19. The predicted octanol–water partition coefficient (Wildman–Crippen LogP) is 0.571. The van der Waals surface area contributed by atoms with Gasteiger partial charge in [-0.3, -0.25) is 4.79 Å². The van der Waals surface area contributed by atoms with Crippen LogP contribution in [0.3, 0.4) is 0 Å². The second-order valence-corrected chi connectivity index (χ2v) is 2.63. The van der Waals surface area contributed by atoms with Gasteiger partial charge < -0.3 is 5.32 Å². The maximum atomic E-state index is 11.4. The monoisotopic (exact) mass is 200 g/mol. The molecule has 0 heterocycles. The Morgan fingerprint density at radius 2 is 2.00 bits per heavy atom. The van der Waals surface area contributed by atoms with Crippen molar-refractivity contribution in [3.63, 3.8) is 0 Å². The zero-order valence-electron chi connectivity index (χ0n) is 7.84. The fourth-order valence-corrected chi connectivity index (χ4v) is 1.03. The van der Waals surface area contributed by atoms with E-state index < -0.39 is 5.91 Å². The molecule has 5 nitrogen and oxygen atoms in total. The highest BCUT2D eigenvalue weighted by molar-refractivity contribution is 5.97. The summed E-state index contributed by atoms with van der Waals surface area (Å²) >= 11 is 0. The highest BCUT2D eigenvalue weighted by Crippen LogP contribution is 2.11. The molecule has 1 N–H and O–H groups in total. The molecule has 0 saturated carbocycles. The number of para-hydroxylation sites is 1. The summed E-state index contributed by atoms with van der Waals surface area (Å²) in [4.78, 5) is 12.4. The van der Waals surface area contributed by atoms with Crippen molar-refractivity contribution >= 4 is 11.6 Å². The number of benzene rings is 1. The summed E-state index contributed by atoms with van der Waals surface area (Å²) in [6.07, 6.45) is 3.38. The van der Waals surface area contributed by atoms with E-state index in [4.69, 9.17) is 10.5 Å². The predicted molar refractivity (Wildman–Crippen MR) is 53.2 cm³/mol. The number of nitrogens with zero attached hydrogens (tertiary/aromatic N) is 3. The van der Waals surface area contributed by atoms with E-state index in [-0.39, 0.29) is 6.54 Å². The quantitative estimate of drug-likeness (QED) is 0.571. The third kappa shape index (κ3) is 2.71. The number of anilines is 1. The zero-order valence-corrected chi connectivity index (χ0v) is 7.84. The maximum Gasteiger partial charge on any atom is 0.260 e. The summed E-state index contributed by atoms with van der Waals surface area (Å²) in [6.45, 7) is -0.182. The Morgan fingerprint density at radius 3 is 2.53 bits per heavy atom. The Hall–Kier alpha value is -2.53. The third-order valence-corrected chi connectivity index (χ3v) is 1.68. The second kappa shape index (κ2) is 5.25. The Kier molecular flexibility index (Phi) is 3.70. The largest absolute Gasteiger partial charge is 0.314 e. The van der Waals surface area contributed by atoms with Crippen LogP contribution in [-0.2, 0) is 4.79 Å². The van der Waals surface area contributed by atoms with Crippen LogP contribution in [0.4, 0.5) is 5.69 Å². The average Bonchev–Trinajstić information content (AvgIpc) is 2.29. The lowest BCUT2D eigenvalue weighted by atomic mass is 10.3. The van der Waals surface area contributed by atoms with E-state index in [1.807, 2.05) is 0 Å². The van der Waals surface area contributed by atoms with Crippen molar-refractivity contribution in [1.29, 1.82) is 10.5 Å². The van der Waals surface area contributed by atoms with Gasteiger partial charge in [-0.15, -0.1) is 0 Å². The lowest BCUT2D eigenvalue weighted by molar-refractivity contribution is -0.116. The number of hydrogen-bond acceptors (Lipinski definition) is 4. The molecule has 0 unspecified atom stereocenters. The molecule has 5 heteroatoms. The van der Waals surface area contributed by atoms with E-state index in [9.17, 15) is 4.79 Å². The molecule has 0 aliphatic rings. The van der Waals surface area contributed by atoms with Crippen LogP contribution >= 0.6 is 0 Å². The van der Waals surface area contributed by atoms with Gasteiger partial charge in [0.25, 0.3) is 5.91 Å². The van der Waals surface area contributed by atoms with Crippen molar-refractivity contribution in [3.05, 3.63) is 30.3 Å². The van der Waals surface area contributed by atoms with E-state index >= 15 is 0 Å². The number of nitrogens with one attached hydrogen (secondary N) is 1. The molecule has 0 aliphatic carbocycles. The van der Waals surface area contributed by atoms with Crippen molar-refractivity contribution in [3.8, 4) is 12.4 Å². The molecule has 0 bridgehead atoms. The SMILES string of the molecule is N#CNCC(=O)N(C#N)c1ccccc1. The average molecular weight is 200 g/mol. The van der Waals surface area contributed by atoms with Gasteiger partial charge in [0.05, 0.1) is 5.69 Å². The molecular weight excluding hydrogens is 192 g/mol. The molecular formula is C10H8N4O. The van der Waals surface area contributed by atoms with Crippen LogP contribution < -0.4 is 10.2 Å². The van der Waals surface area contributed by atoms with Crippen LogP contribution in [0.2, 0.25) is 0 Å². The van der Waals surface area contributed by atoms with E-state index in [1.165, 1.54) is 0 Å². The van der Waals surface area contributed by atoms with Crippen molar-refractivity contribution < 1.29 is 4.79 Å². The minimum absolute atomic E-state index is 0.182. The summed E-state index contributed by atoms with van der Waals surface area (Å²) in [7, 11) is 0. The Bertz CT molecular complexity index is 415. The number of hydrogen-bond donors (Lipinski definition) is 1. The first-order valence-corrected chi connectivity index (χ1v) is 4.19. The van der Waals surface area contributed by atoms with Crippen LogP contribution in [-0.4, -0.2) is 12.5 Å². The van der Waals surface area contributed by atoms with Crippen LogP contribution in [0.5, 0.6) is 0 Å². The molecule has 1 amide bonds. The van der Waals surface area contributed by atoms with Gasteiger partial charge in [-0.2, -0.15) is 10.5 Å². The van der Waals surface area contributed by atoms with Crippen molar-refractivity contribution in [2.24, 2.45) is 0 Å². The number of nitriles is 2. The van der Waals surface area contributed by atoms with E-state index in [0.29, 0.717) is 5.69 Å². The van der Waals surface area contributed by atoms with Crippen molar-refractivity contribution in [1.82, 2.24) is 5.32 Å². The summed E-state index contributed by atoms with van der Waals surface area (Å²) < 4.78 is 0. The Labute approximate surface area is 87.1 Å². The molecule has 0 saturated heterocycles. The standard InChI is InChI=1S/C10H8N4O/c11-7-13-6-10(15)14(8-12)9-4-2-1-3-5-9/h1-5,13H,6H2. The van der Waals surface area contributed by atoms with Gasteiger partial charge in [0.15, 0.2) is 12.4 Å². The second-order valence-electron chi connectivity index (χ2n) is 2.63. The lowest BCUT2D eigenvalue weighted by Gasteiger charge is -2.12. The van der Waals surface area contributed by atoms with Gasteiger partial charge in [0, 0.05) is 0 Å². The smallest absolute Gasteiger partial charge is 0.260 e.